The topological polar surface area (TPSA) is 101 Å². The number of rotatable bonds is 5. The summed E-state index contributed by atoms with van der Waals surface area (Å²) in [7, 11) is 0. The first-order valence-electron chi connectivity index (χ1n) is 5.39. The highest BCUT2D eigenvalue weighted by atomic mass is 16.3. The highest BCUT2D eigenvalue weighted by Crippen LogP contribution is 2.09. The molecular formula is C11H15N3O3. The van der Waals surface area contributed by atoms with Crippen LogP contribution in [0.3, 0.4) is 0 Å². The van der Waals surface area contributed by atoms with Crippen LogP contribution in [0.4, 0.5) is 0 Å². The van der Waals surface area contributed by atoms with Gasteiger partial charge < -0.3 is 25.5 Å². The van der Waals surface area contributed by atoms with E-state index in [1.54, 1.807) is 0 Å². The van der Waals surface area contributed by atoms with Gasteiger partial charge >= 0.3 is 5.69 Å². The molecule has 6 nitrogen and oxygen atoms in total. The summed E-state index contributed by atoms with van der Waals surface area (Å²) in [6, 6.07) is 5.59. The Kier molecular flexibility index (Phi) is 3.58. The molecule has 1 heterocycles. The number of aromatic nitrogens is 2. The van der Waals surface area contributed by atoms with E-state index >= 15 is 0 Å². The highest BCUT2D eigenvalue weighted by molar-refractivity contribution is 5.74. The van der Waals surface area contributed by atoms with Crippen LogP contribution in [0.15, 0.2) is 23.0 Å². The minimum Gasteiger partial charge on any atom is -0.394 e. The summed E-state index contributed by atoms with van der Waals surface area (Å²) >= 11 is 0. The molecule has 6 heteroatoms. The maximum absolute atomic E-state index is 11.1. The van der Waals surface area contributed by atoms with Gasteiger partial charge in [0.15, 0.2) is 0 Å². The predicted octanol–water partition coefficient (Wildman–Crippen LogP) is -0.701. The second-order valence-corrected chi connectivity index (χ2v) is 3.93. The Hall–Kier alpha value is -1.63. The maximum atomic E-state index is 11.1. The standard InChI is InChI=1S/C11H15N3O3/c15-6-8(16)5-12-4-7-1-2-9-10(3-7)14-11(17)13-9/h1-3,8,12,15-16H,4-6H2,(H2,13,14,17). The van der Waals surface area contributed by atoms with Crippen LogP contribution in [-0.4, -0.2) is 39.4 Å². The molecule has 0 fully saturated rings. The van der Waals surface area contributed by atoms with Gasteiger partial charge in [-0.05, 0) is 17.7 Å². The number of H-pyrrole nitrogens is 2. The minimum absolute atomic E-state index is 0.221. The van der Waals surface area contributed by atoms with Crippen LogP contribution in [0.1, 0.15) is 5.56 Å². The third-order valence-corrected chi connectivity index (χ3v) is 2.50. The van der Waals surface area contributed by atoms with Crippen LogP contribution in [0.25, 0.3) is 11.0 Å². The van der Waals surface area contributed by atoms with Crippen molar-refractivity contribution in [1.29, 1.82) is 0 Å². The zero-order valence-corrected chi connectivity index (χ0v) is 9.23. The average Bonchev–Trinajstić information content (AvgIpc) is 2.68. The van der Waals surface area contributed by atoms with Crippen molar-refractivity contribution in [2.75, 3.05) is 13.2 Å². The van der Waals surface area contributed by atoms with E-state index in [0.717, 1.165) is 16.6 Å². The van der Waals surface area contributed by atoms with Crippen molar-refractivity contribution < 1.29 is 10.2 Å². The molecule has 2 aromatic rings. The number of hydrogen-bond donors (Lipinski definition) is 5. The van der Waals surface area contributed by atoms with Gasteiger partial charge in [-0.15, -0.1) is 0 Å². The second-order valence-electron chi connectivity index (χ2n) is 3.93. The largest absolute Gasteiger partial charge is 0.394 e. The Morgan fingerprint density at radius 1 is 1.29 bits per heavy atom. The summed E-state index contributed by atoms with van der Waals surface area (Å²) < 4.78 is 0. The van der Waals surface area contributed by atoms with Crippen LogP contribution in [0.5, 0.6) is 0 Å². The van der Waals surface area contributed by atoms with Gasteiger partial charge in [0, 0.05) is 13.1 Å². The van der Waals surface area contributed by atoms with Gasteiger partial charge in [0.05, 0.1) is 23.7 Å². The van der Waals surface area contributed by atoms with E-state index in [2.05, 4.69) is 15.3 Å². The molecule has 2 rings (SSSR count). The second kappa shape index (κ2) is 5.13. The Morgan fingerprint density at radius 2 is 2.06 bits per heavy atom. The quantitative estimate of drug-likeness (QED) is 0.474. The van der Waals surface area contributed by atoms with E-state index < -0.39 is 6.10 Å². The van der Waals surface area contributed by atoms with Crippen molar-refractivity contribution in [3.05, 3.63) is 34.2 Å². The van der Waals surface area contributed by atoms with Crippen LogP contribution >= 0.6 is 0 Å². The first kappa shape index (κ1) is 11.8. The van der Waals surface area contributed by atoms with E-state index in [0.29, 0.717) is 13.1 Å². The molecule has 0 spiro atoms. The number of aliphatic hydroxyl groups is 2. The molecule has 92 valence electrons. The van der Waals surface area contributed by atoms with E-state index in [-0.39, 0.29) is 12.3 Å². The molecule has 1 aromatic carbocycles. The fourth-order valence-corrected chi connectivity index (χ4v) is 1.64. The fraction of sp³-hybridized carbons (Fsp3) is 0.364. The van der Waals surface area contributed by atoms with E-state index in [1.807, 2.05) is 18.2 Å². The number of imidazole rings is 1. The molecule has 0 aliphatic heterocycles. The van der Waals surface area contributed by atoms with Crippen molar-refractivity contribution in [2.45, 2.75) is 12.6 Å². The number of aromatic amines is 2. The van der Waals surface area contributed by atoms with Gasteiger partial charge in [0.25, 0.3) is 0 Å². The molecule has 5 N–H and O–H groups in total. The molecular weight excluding hydrogens is 222 g/mol. The van der Waals surface area contributed by atoms with Crippen molar-refractivity contribution in [3.63, 3.8) is 0 Å². The monoisotopic (exact) mass is 237 g/mol. The lowest BCUT2D eigenvalue weighted by Crippen LogP contribution is -2.28. The summed E-state index contributed by atoms with van der Waals surface area (Å²) in [6.07, 6.45) is -0.745. The summed E-state index contributed by atoms with van der Waals surface area (Å²) in [6.45, 7) is 0.648. The van der Waals surface area contributed by atoms with Gasteiger partial charge in [0.1, 0.15) is 0 Å². The third kappa shape index (κ3) is 2.94. The predicted molar refractivity (Wildman–Crippen MR) is 63.7 cm³/mol. The maximum Gasteiger partial charge on any atom is 0.323 e. The van der Waals surface area contributed by atoms with Gasteiger partial charge in [-0.3, -0.25) is 0 Å². The van der Waals surface area contributed by atoms with Crippen LogP contribution < -0.4 is 11.0 Å². The van der Waals surface area contributed by atoms with Crippen molar-refractivity contribution in [1.82, 2.24) is 15.3 Å². The molecule has 0 aliphatic rings. The molecule has 0 radical (unpaired) electrons. The molecule has 1 aromatic heterocycles. The smallest absolute Gasteiger partial charge is 0.323 e. The SMILES string of the molecule is O=c1[nH]c2ccc(CNCC(O)CO)cc2[nH]1. The van der Waals surface area contributed by atoms with Gasteiger partial charge in [-0.2, -0.15) is 0 Å². The van der Waals surface area contributed by atoms with Crippen LogP contribution in [0.2, 0.25) is 0 Å². The van der Waals surface area contributed by atoms with E-state index in [4.69, 9.17) is 10.2 Å². The first-order chi connectivity index (χ1) is 8.19. The number of aliphatic hydroxyl groups excluding tert-OH is 2. The third-order valence-electron chi connectivity index (χ3n) is 2.50. The zero-order chi connectivity index (χ0) is 12.3. The molecule has 0 aliphatic carbocycles. The Labute approximate surface area is 97.3 Å². The average molecular weight is 237 g/mol. The molecule has 0 saturated heterocycles. The molecule has 0 saturated carbocycles. The van der Waals surface area contributed by atoms with Gasteiger partial charge in [0.2, 0.25) is 0 Å². The first-order valence-corrected chi connectivity index (χ1v) is 5.39. The minimum atomic E-state index is -0.745. The lowest BCUT2D eigenvalue weighted by molar-refractivity contribution is 0.0942. The molecule has 0 bridgehead atoms. The zero-order valence-electron chi connectivity index (χ0n) is 9.23. The van der Waals surface area contributed by atoms with Crippen molar-refractivity contribution in [3.8, 4) is 0 Å². The molecule has 1 unspecified atom stereocenters. The molecule has 17 heavy (non-hydrogen) atoms. The normalized spacial score (nSPS) is 13.1. The van der Waals surface area contributed by atoms with E-state index in [1.165, 1.54) is 0 Å². The van der Waals surface area contributed by atoms with Gasteiger partial charge in [-0.25, -0.2) is 4.79 Å². The molecule has 1 atom stereocenters. The Bertz CT molecular complexity index is 546. The number of hydrogen-bond acceptors (Lipinski definition) is 4. The van der Waals surface area contributed by atoms with Gasteiger partial charge in [-0.1, -0.05) is 6.07 Å². The Balaban J connectivity index is 2.01. The summed E-state index contributed by atoms with van der Waals surface area (Å²) in [5.74, 6) is 0. The van der Waals surface area contributed by atoms with Crippen molar-refractivity contribution in [2.24, 2.45) is 0 Å². The number of fused-ring (bicyclic) bond motifs is 1. The lowest BCUT2D eigenvalue weighted by atomic mass is 10.2. The molecule has 0 amide bonds. The van der Waals surface area contributed by atoms with E-state index in [9.17, 15) is 4.79 Å². The number of benzene rings is 1. The lowest BCUT2D eigenvalue weighted by Gasteiger charge is -2.08. The number of nitrogens with one attached hydrogen (secondary N) is 3. The summed E-state index contributed by atoms with van der Waals surface area (Å²) in [4.78, 5) is 16.4. The highest BCUT2D eigenvalue weighted by Gasteiger charge is 2.02. The van der Waals surface area contributed by atoms with Crippen LogP contribution in [0, 0.1) is 0 Å². The summed E-state index contributed by atoms with van der Waals surface area (Å²) in [5, 5.41) is 20.8. The Morgan fingerprint density at radius 3 is 2.82 bits per heavy atom. The fourth-order valence-electron chi connectivity index (χ4n) is 1.64. The van der Waals surface area contributed by atoms with Crippen LogP contribution in [-0.2, 0) is 6.54 Å². The van der Waals surface area contributed by atoms with Crippen molar-refractivity contribution >= 4 is 11.0 Å². The summed E-state index contributed by atoms with van der Waals surface area (Å²) in [5.41, 5.74) is 2.31.